The Labute approximate surface area is 163 Å². The van der Waals surface area contributed by atoms with Crippen LogP contribution in [0.15, 0.2) is 66.4 Å². The van der Waals surface area contributed by atoms with Gasteiger partial charge in [0.1, 0.15) is 5.70 Å². The van der Waals surface area contributed by atoms with Crippen LogP contribution >= 0.6 is 0 Å². The van der Waals surface area contributed by atoms with E-state index in [9.17, 15) is 9.59 Å². The first-order chi connectivity index (χ1) is 13.7. The number of nitrogens with one attached hydrogen (secondary N) is 2. The molecule has 0 spiro atoms. The van der Waals surface area contributed by atoms with E-state index in [1.165, 1.54) is 5.01 Å². The van der Waals surface area contributed by atoms with Gasteiger partial charge >= 0.3 is 0 Å². The van der Waals surface area contributed by atoms with Crippen molar-refractivity contribution in [1.29, 1.82) is 0 Å². The lowest BCUT2D eigenvalue weighted by atomic mass is 10.2. The molecule has 2 aliphatic rings. The molecule has 2 aromatic rings. The number of ether oxygens (including phenoxy) is 1. The Morgan fingerprint density at radius 3 is 2.39 bits per heavy atom. The lowest BCUT2D eigenvalue weighted by Crippen LogP contribution is -2.47. The number of amides is 2. The van der Waals surface area contributed by atoms with Crippen molar-refractivity contribution in [3.05, 3.63) is 66.4 Å². The molecule has 0 bridgehead atoms. The average molecular weight is 378 g/mol. The summed E-state index contributed by atoms with van der Waals surface area (Å²) in [5.41, 5.74) is 5.77. The van der Waals surface area contributed by atoms with E-state index in [4.69, 9.17) is 4.74 Å². The van der Waals surface area contributed by atoms with Crippen molar-refractivity contribution < 1.29 is 14.3 Å². The Morgan fingerprint density at radius 1 is 0.964 bits per heavy atom. The van der Waals surface area contributed by atoms with Crippen LogP contribution in [0, 0.1) is 0 Å². The first kappa shape index (κ1) is 18.1. The molecule has 2 aromatic carbocycles. The summed E-state index contributed by atoms with van der Waals surface area (Å²) in [6.45, 7) is 3.20. The number of carbonyl (C=O) groups excluding carboxylic acids is 2. The maximum atomic E-state index is 12.6. The molecule has 2 heterocycles. The molecule has 1 fully saturated rings. The van der Waals surface area contributed by atoms with Crippen molar-refractivity contribution in [1.82, 2.24) is 5.43 Å². The van der Waals surface area contributed by atoms with Gasteiger partial charge in [0.15, 0.2) is 0 Å². The Hall–Kier alpha value is -3.32. The van der Waals surface area contributed by atoms with E-state index in [1.54, 1.807) is 6.08 Å². The van der Waals surface area contributed by atoms with Crippen LogP contribution < -0.4 is 20.7 Å². The van der Waals surface area contributed by atoms with Gasteiger partial charge in [0, 0.05) is 30.9 Å². The second-order valence-electron chi connectivity index (χ2n) is 6.60. The fraction of sp³-hybridized carbons (Fsp3) is 0.238. The highest BCUT2D eigenvalue weighted by molar-refractivity contribution is 6.06. The van der Waals surface area contributed by atoms with E-state index >= 15 is 0 Å². The third-order valence-corrected chi connectivity index (χ3v) is 4.72. The predicted molar refractivity (Wildman–Crippen MR) is 108 cm³/mol. The van der Waals surface area contributed by atoms with E-state index in [-0.39, 0.29) is 18.2 Å². The quantitative estimate of drug-likeness (QED) is 0.854. The van der Waals surface area contributed by atoms with E-state index in [1.807, 2.05) is 54.6 Å². The highest BCUT2D eigenvalue weighted by atomic mass is 16.5. The molecular formula is C21H22N4O3. The SMILES string of the molecule is O=C(Nc1ccc(N2CCOCC2)cc1)C1=CCC(=O)N(c2ccccc2)N1. The Morgan fingerprint density at radius 2 is 1.68 bits per heavy atom. The third kappa shape index (κ3) is 3.99. The third-order valence-electron chi connectivity index (χ3n) is 4.72. The largest absolute Gasteiger partial charge is 0.378 e. The number of nitrogens with zero attached hydrogens (tertiary/aromatic N) is 2. The van der Waals surface area contributed by atoms with Crippen molar-refractivity contribution in [2.24, 2.45) is 0 Å². The zero-order chi connectivity index (χ0) is 19.3. The van der Waals surface area contributed by atoms with E-state index in [2.05, 4.69) is 15.6 Å². The van der Waals surface area contributed by atoms with Crippen molar-refractivity contribution in [3.63, 3.8) is 0 Å². The fourth-order valence-electron chi connectivity index (χ4n) is 3.21. The Kier molecular flexibility index (Phi) is 5.25. The molecule has 2 aliphatic heterocycles. The number of hydrazine groups is 1. The van der Waals surface area contributed by atoms with Crippen LogP contribution in [0.1, 0.15) is 6.42 Å². The molecule has 0 radical (unpaired) electrons. The van der Waals surface area contributed by atoms with E-state index in [0.717, 1.165) is 32.0 Å². The minimum Gasteiger partial charge on any atom is -0.378 e. The van der Waals surface area contributed by atoms with Gasteiger partial charge in [0.2, 0.25) is 5.91 Å². The number of rotatable bonds is 4. The van der Waals surface area contributed by atoms with Crippen LogP contribution in [0.25, 0.3) is 0 Å². The van der Waals surface area contributed by atoms with Gasteiger partial charge in [0.25, 0.3) is 5.91 Å². The maximum Gasteiger partial charge on any atom is 0.273 e. The molecule has 7 heteroatoms. The molecule has 0 saturated carbocycles. The minimum absolute atomic E-state index is 0.113. The highest BCUT2D eigenvalue weighted by Gasteiger charge is 2.24. The fourth-order valence-corrected chi connectivity index (χ4v) is 3.21. The highest BCUT2D eigenvalue weighted by Crippen LogP contribution is 2.21. The summed E-state index contributed by atoms with van der Waals surface area (Å²) < 4.78 is 5.37. The molecule has 4 rings (SSSR count). The predicted octanol–water partition coefficient (Wildman–Crippen LogP) is 2.29. The van der Waals surface area contributed by atoms with Crippen LogP contribution in [0.2, 0.25) is 0 Å². The van der Waals surface area contributed by atoms with Gasteiger partial charge in [-0.25, -0.2) is 5.01 Å². The lowest BCUT2D eigenvalue weighted by Gasteiger charge is -2.29. The number of morpholine rings is 1. The molecule has 144 valence electrons. The number of carbonyl (C=O) groups is 2. The number of anilines is 3. The molecule has 28 heavy (non-hydrogen) atoms. The zero-order valence-corrected chi connectivity index (χ0v) is 15.4. The average Bonchev–Trinajstić information content (AvgIpc) is 2.76. The molecule has 1 saturated heterocycles. The van der Waals surface area contributed by atoms with Crippen LogP contribution in [-0.4, -0.2) is 38.1 Å². The smallest absolute Gasteiger partial charge is 0.273 e. The van der Waals surface area contributed by atoms with Gasteiger partial charge in [-0.15, -0.1) is 0 Å². The summed E-state index contributed by atoms with van der Waals surface area (Å²) in [5, 5.41) is 4.28. The number of benzene rings is 2. The first-order valence-electron chi connectivity index (χ1n) is 9.30. The molecule has 0 aromatic heterocycles. The van der Waals surface area contributed by atoms with Crippen molar-refractivity contribution in [3.8, 4) is 0 Å². The van der Waals surface area contributed by atoms with Crippen LogP contribution in [0.3, 0.4) is 0 Å². The zero-order valence-electron chi connectivity index (χ0n) is 15.4. The number of hydrogen-bond donors (Lipinski definition) is 2. The van der Waals surface area contributed by atoms with Gasteiger partial charge in [-0.05, 0) is 42.5 Å². The van der Waals surface area contributed by atoms with Gasteiger partial charge < -0.3 is 15.0 Å². The van der Waals surface area contributed by atoms with Gasteiger partial charge in [-0.1, -0.05) is 18.2 Å². The molecule has 2 amide bonds. The molecule has 0 aliphatic carbocycles. The van der Waals surface area contributed by atoms with E-state index in [0.29, 0.717) is 17.1 Å². The molecular weight excluding hydrogens is 356 g/mol. The van der Waals surface area contributed by atoms with Gasteiger partial charge in [-0.3, -0.25) is 15.0 Å². The monoisotopic (exact) mass is 378 g/mol. The minimum atomic E-state index is -0.285. The number of hydrogen-bond acceptors (Lipinski definition) is 5. The molecule has 0 atom stereocenters. The standard InChI is InChI=1S/C21H22N4O3/c26-20-11-10-19(23-25(20)18-4-2-1-3-5-18)21(27)22-16-6-8-17(9-7-16)24-12-14-28-15-13-24/h1-10,23H,11-15H2,(H,22,27). The normalized spacial score (nSPS) is 17.0. The molecule has 7 nitrogen and oxygen atoms in total. The second kappa shape index (κ2) is 8.14. The topological polar surface area (TPSA) is 73.9 Å². The van der Waals surface area contributed by atoms with Crippen LogP contribution in [0.5, 0.6) is 0 Å². The van der Waals surface area contributed by atoms with E-state index < -0.39 is 0 Å². The first-order valence-corrected chi connectivity index (χ1v) is 9.30. The van der Waals surface area contributed by atoms with Crippen molar-refractivity contribution >= 4 is 28.9 Å². The summed E-state index contributed by atoms with van der Waals surface area (Å²) in [4.78, 5) is 27.1. The lowest BCUT2D eigenvalue weighted by molar-refractivity contribution is -0.119. The summed E-state index contributed by atoms with van der Waals surface area (Å²) in [5.74, 6) is -0.398. The Bertz CT molecular complexity index is 874. The Balaban J connectivity index is 1.41. The van der Waals surface area contributed by atoms with Crippen molar-refractivity contribution in [2.45, 2.75) is 6.42 Å². The molecule has 2 N–H and O–H groups in total. The summed E-state index contributed by atoms with van der Waals surface area (Å²) in [6, 6.07) is 16.9. The maximum absolute atomic E-state index is 12.6. The van der Waals surface area contributed by atoms with Crippen molar-refractivity contribution in [2.75, 3.05) is 41.5 Å². The van der Waals surface area contributed by atoms with Crippen LogP contribution in [-0.2, 0) is 14.3 Å². The summed E-state index contributed by atoms with van der Waals surface area (Å²) in [7, 11) is 0. The van der Waals surface area contributed by atoms with Gasteiger partial charge in [0.05, 0.1) is 18.9 Å². The summed E-state index contributed by atoms with van der Waals surface area (Å²) >= 11 is 0. The van der Waals surface area contributed by atoms with Crippen LogP contribution in [0.4, 0.5) is 17.1 Å². The second-order valence-corrected chi connectivity index (χ2v) is 6.60. The summed E-state index contributed by atoms with van der Waals surface area (Å²) in [6.07, 6.45) is 1.78. The molecule has 0 unspecified atom stereocenters. The number of para-hydroxylation sites is 1. The van der Waals surface area contributed by atoms with Gasteiger partial charge in [-0.2, -0.15) is 0 Å².